The SMILES string of the molecule is Cc1cnc(-c2cocn2)o1. The van der Waals surface area contributed by atoms with E-state index in [4.69, 9.17) is 8.83 Å². The van der Waals surface area contributed by atoms with Crippen molar-refractivity contribution < 1.29 is 8.83 Å². The van der Waals surface area contributed by atoms with E-state index in [0.717, 1.165) is 5.76 Å². The van der Waals surface area contributed by atoms with Crippen molar-refractivity contribution in [2.24, 2.45) is 0 Å². The summed E-state index contributed by atoms with van der Waals surface area (Å²) in [6.07, 6.45) is 4.48. The summed E-state index contributed by atoms with van der Waals surface area (Å²) < 4.78 is 9.96. The van der Waals surface area contributed by atoms with Gasteiger partial charge in [-0.3, -0.25) is 0 Å². The Labute approximate surface area is 62.9 Å². The van der Waals surface area contributed by atoms with Gasteiger partial charge in [0.15, 0.2) is 12.1 Å². The molecular weight excluding hydrogens is 144 g/mol. The predicted octanol–water partition coefficient (Wildman–Crippen LogP) is 1.64. The first-order valence-electron chi connectivity index (χ1n) is 3.17. The number of aromatic nitrogens is 2. The molecule has 2 rings (SSSR count). The molecule has 2 aromatic heterocycles. The average molecular weight is 150 g/mol. The fourth-order valence-electron chi connectivity index (χ4n) is 0.791. The monoisotopic (exact) mass is 150 g/mol. The number of hydrogen-bond acceptors (Lipinski definition) is 4. The van der Waals surface area contributed by atoms with E-state index in [1.165, 1.54) is 12.7 Å². The molecule has 0 N–H and O–H groups in total. The second-order valence-electron chi connectivity index (χ2n) is 2.15. The predicted molar refractivity (Wildman–Crippen MR) is 36.7 cm³/mol. The Morgan fingerprint density at radius 2 is 2.27 bits per heavy atom. The topological polar surface area (TPSA) is 52.1 Å². The lowest BCUT2D eigenvalue weighted by atomic mass is 10.5. The molecule has 0 atom stereocenters. The van der Waals surface area contributed by atoms with E-state index in [1.54, 1.807) is 6.20 Å². The van der Waals surface area contributed by atoms with Gasteiger partial charge in [-0.25, -0.2) is 9.97 Å². The van der Waals surface area contributed by atoms with Crippen LogP contribution in [0.3, 0.4) is 0 Å². The Morgan fingerprint density at radius 3 is 2.82 bits per heavy atom. The summed E-state index contributed by atoms with van der Waals surface area (Å²) >= 11 is 0. The Kier molecular flexibility index (Phi) is 1.25. The minimum Gasteiger partial charge on any atom is -0.451 e. The van der Waals surface area contributed by atoms with Crippen molar-refractivity contribution in [3.63, 3.8) is 0 Å². The highest BCUT2D eigenvalue weighted by atomic mass is 16.4. The molecule has 0 aliphatic rings. The van der Waals surface area contributed by atoms with E-state index >= 15 is 0 Å². The molecule has 56 valence electrons. The van der Waals surface area contributed by atoms with Gasteiger partial charge in [-0.15, -0.1) is 0 Å². The molecule has 2 aromatic rings. The van der Waals surface area contributed by atoms with Crippen molar-refractivity contribution in [1.82, 2.24) is 9.97 Å². The molecule has 0 aromatic carbocycles. The van der Waals surface area contributed by atoms with Gasteiger partial charge in [0.2, 0.25) is 5.89 Å². The smallest absolute Gasteiger partial charge is 0.248 e. The Hall–Kier alpha value is -1.58. The van der Waals surface area contributed by atoms with Crippen LogP contribution in [0.2, 0.25) is 0 Å². The quantitative estimate of drug-likeness (QED) is 0.620. The van der Waals surface area contributed by atoms with Gasteiger partial charge in [0.1, 0.15) is 12.0 Å². The lowest BCUT2D eigenvalue weighted by Gasteiger charge is -1.82. The van der Waals surface area contributed by atoms with Crippen molar-refractivity contribution in [2.45, 2.75) is 6.92 Å². The third kappa shape index (κ3) is 1.02. The van der Waals surface area contributed by atoms with E-state index in [-0.39, 0.29) is 0 Å². The molecular formula is C7H6N2O2. The lowest BCUT2D eigenvalue weighted by molar-refractivity contribution is 0.537. The minimum atomic E-state index is 0.497. The molecule has 11 heavy (non-hydrogen) atoms. The molecule has 0 bridgehead atoms. The number of oxazole rings is 2. The highest BCUT2D eigenvalue weighted by Crippen LogP contribution is 2.15. The molecule has 0 aliphatic heterocycles. The summed E-state index contributed by atoms with van der Waals surface area (Å²) in [4.78, 5) is 7.85. The highest BCUT2D eigenvalue weighted by Gasteiger charge is 2.05. The molecule has 0 spiro atoms. The fourth-order valence-corrected chi connectivity index (χ4v) is 0.791. The maximum absolute atomic E-state index is 5.19. The summed E-state index contributed by atoms with van der Waals surface area (Å²) in [5.41, 5.74) is 0.623. The minimum absolute atomic E-state index is 0.497. The van der Waals surface area contributed by atoms with Gasteiger partial charge in [0.05, 0.1) is 6.20 Å². The molecule has 2 heterocycles. The van der Waals surface area contributed by atoms with Crippen molar-refractivity contribution in [3.05, 3.63) is 24.6 Å². The summed E-state index contributed by atoms with van der Waals surface area (Å²) in [5.74, 6) is 1.26. The Balaban J connectivity index is 2.45. The molecule has 0 saturated heterocycles. The highest BCUT2D eigenvalue weighted by molar-refractivity contribution is 5.43. The van der Waals surface area contributed by atoms with Crippen LogP contribution in [0.5, 0.6) is 0 Å². The van der Waals surface area contributed by atoms with Gasteiger partial charge in [0, 0.05) is 0 Å². The lowest BCUT2D eigenvalue weighted by Crippen LogP contribution is -1.73. The van der Waals surface area contributed by atoms with Gasteiger partial charge in [-0.05, 0) is 6.92 Å². The van der Waals surface area contributed by atoms with E-state index in [2.05, 4.69) is 9.97 Å². The van der Waals surface area contributed by atoms with Crippen molar-refractivity contribution in [3.8, 4) is 11.6 Å². The maximum Gasteiger partial charge on any atom is 0.248 e. The molecule has 0 amide bonds. The van der Waals surface area contributed by atoms with Crippen LogP contribution in [-0.4, -0.2) is 9.97 Å². The molecule has 0 unspecified atom stereocenters. The van der Waals surface area contributed by atoms with Crippen LogP contribution >= 0.6 is 0 Å². The van der Waals surface area contributed by atoms with Crippen LogP contribution in [0.1, 0.15) is 5.76 Å². The van der Waals surface area contributed by atoms with Crippen LogP contribution < -0.4 is 0 Å². The second kappa shape index (κ2) is 2.23. The molecule has 0 aliphatic carbocycles. The summed E-state index contributed by atoms with van der Waals surface area (Å²) in [5, 5.41) is 0. The normalized spacial score (nSPS) is 10.3. The second-order valence-corrected chi connectivity index (χ2v) is 2.15. The zero-order valence-corrected chi connectivity index (χ0v) is 5.94. The van der Waals surface area contributed by atoms with Crippen LogP contribution in [0.25, 0.3) is 11.6 Å². The Bertz CT molecular complexity index is 337. The van der Waals surface area contributed by atoms with Gasteiger partial charge in [-0.1, -0.05) is 0 Å². The zero-order valence-electron chi connectivity index (χ0n) is 5.94. The van der Waals surface area contributed by atoms with E-state index in [1.807, 2.05) is 6.92 Å². The zero-order chi connectivity index (χ0) is 7.68. The molecule has 0 fully saturated rings. The molecule has 4 nitrogen and oxygen atoms in total. The first-order chi connectivity index (χ1) is 5.36. The van der Waals surface area contributed by atoms with Gasteiger partial charge in [0.25, 0.3) is 0 Å². The van der Waals surface area contributed by atoms with E-state index in [9.17, 15) is 0 Å². The Morgan fingerprint density at radius 1 is 1.36 bits per heavy atom. The van der Waals surface area contributed by atoms with E-state index < -0.39 is 0 Å². The van der Waals surface area contributed by atoms with Crippen LogP contribution in [0, 0.1) is 6.92 Å². The number of aryl methyl sites for hydroxylation is 1. The van der Waals surface area contributed by atoms with Crippen molar-refractivity contribution >= 4 is 0 Å². The third-order valence-electron chi connectivity index (χ3n) is 1.27. The average Bonchev–Trinajstić information content (AvgIpc) is 2.55. The van der Waals surface area contributed by atoms with Gasteiger partial charge < -0.3 is 8.83 Å². The maximum atomic E-state index is 5.19. The number of hydrogen-bond donors (Lipinski definition) is 0. The molecule has 0 radical (unpaired) electrons. The summed E-state index contributed by atoms with van der Waals surface area (Å²) in [7, 11) is 0. The molecule has 4 heteroatoms. The fraction of sp³-hybridized carbons (Fsp3) is 0.143. The number of nitrogens with zero attached hydrogens (tertiary/aromatic N) is 2. The first-order valence-corrected chi connectivity index (χ1v) is 3.17. The van der Waals surface area contributed by atoms with Gasteiger partial charge >= 0.3 is 0 Å². The molecule has 0 saturated carbocycles. The summed E-state index contributed by atoms with van der Waals surface area (Å²) in [6.45, 7) is 1.83. The van der Waals surface area contributed by atoms with Crippen LogP contribution in [0.4, 0.5) is 0 Å². The van der Waals surface area contributed by atoms with E-state index in [0.29, 0.717) is 11.6 Å². The van der Waals surface area contributed by atoms with Crippen LogP contribution in [-0.2, 0) is 0 Å². The van der Waals surface area contributed by atoms with Crippen molar-refractivity contribution in [2.75, 3.05) is 0 Å². The van der Waals surface area contributed by atoms with Crippen molar-refractivity contribution in [1.29, 1.82) is 0 Å². The third-order valence-corrected chi connectivity index (χ3v) is 1.27. The van der Waals surface area contributed by atoms with Gasteiger partial charge in [-0.2, -0.15) is 0 Å². The standard InChI is InChI=1S/C7H6N2O2/c1-5-2-8-7(11-5)6-3-10-4-9-6/h2-4H,1H3. The first kappa shape index (κ1) is 6.15. The largest absolute Gasteiger partial charge is 0.451 e. The summed E-state index contributed by atoms with van der Waals surface area (Å²) in [6, 6.07) is 0. The van der Waals surface area contributed by atoms with Crippen LogP contribution in [0.15, 0.2) is 27.7 Å². The number of rotatable bonds is 1.